The summed E-state index contributed by atoms with van der Waals surface area (Å²) in [4.78, 5) is 28.7. The monoisotopic (exact) mass is 447 g/mol. The first kappa shape index (κ1) is 20.9. The van der Waals surface area contributed by atoms with E-state index in [-0.39, 0.29) is 35.9 Å². The Bertz CT molecular complexity index is 1110. The van der Waals surface area contributed by atoms with Crippen LogP contribution in [-0.2, 0) is 9.53 Å². The standard InChI is InChI=1S/C25H25N3O3S/c1-3-31-25(30)17-10-12-18(13-11-17)28-23(19-5-4-14-32-19)20-21(26-27-22(20)24(28)29)16-8-6-15(2)7-9-16/h4-14,20-23,26-27H,3H2,1-2H3. The van der Waals surface area contributed by atoms with E-state index < -0.39 is 0 Å². The van der Waals surface area contributed by atoms with Crippen molar-refractivity contribution in [1.29, 1.82) is 0 Å². The van der Waals surface area contributed by atoms with Gasteiger partial charge in [0, 0.05) is 16.5 Å². The van der Waals surface area contributed by atoms with E-state index in [1.807, 2.05) is 28.5 Å². The largest absolute Gasteiger partial charge is 0.462 e. The summed E-state index contributed by atoms with van der Waals surface area (Å²) in [7, 11) is 0. The lowest BCUT2D eigenvalue weighted by molar-refractivity contribution is -0.119. The highest BCUT2D eigenvalue weighted by molar-refractivity contribution is 7.10. The normalized spacial score (nSPS) is 24.6. The fourth-order valence-corrected chi connectivity index (χ4v) is 5.60. The summed E-state index contributed by atoms with van der Waals surface area (Å²) in [6.07, 6.45) is 0. The highest BCUT2D eigenvalue weighted by Crippen LogP contribution is 2.49. The molecule has 164 valence electrons. The highest BCUT2D eigenvalue weighted by atomic mass is 32.1. The first-order chi connectivity index (χ1) is 15.6. The minimum Gasteiger partial charge on any atom is -0.462 e. The lowest BCUT2D eigenvalue weighted by atomic mass is 9.85. The van der Waals surface area contributed by atoms with Gasteiger partial charge in [-0.05, 0) is 55.1 Å². The molecule has 2 N–H and O–H groups in total. The number of hydrogen-bond donors (Lipinski definition) is 2. The maximum absolute atomic E-state index is 13.6. The molecule has 2 aliphatic heterocycles. The van der Waals surface area contributed by atoms with Crippen LogP contribution < -0.4 is 15.8 Å². The Labute approximate surface area is 191 Å². The van der Waals surface area contributed by atoms with Crippen molar-refractivity contribution in [3.63, 3.8) is 0 Å². The number of hydrogen-bond acceptors (Lipinski definition) is 6. The van der Waals surface area contributed by atoms with Crippen LogP contribution in [0.4, 0.5) is 5.69 Å². The molecule has 0 aliphatic carbocycles. The van der Waals surface area contributed by atoms with Gasteiger partial charge in [0.15, 0.2) is 0 Å². The van der Waals surface area contributed by atoms with Crippen LogP contribution in [0.1, 0.15) is 45.4 Å². The number of thiophene rings is 1. The van der Waals surface area contributed by atoms with Crippen molar-refractivity contribution in [2.24, 2.45) is 5.92 Å². The number of ether oxygens (including phenoxy) is 1. The molecule has 2 aliphatic rings. The maximum Gasteiger partial charge on any atom is 0.338 e. The molecule has 0 bridgehead atoms. The Hall–Kier alpha value is -3.00. The quantitative estimate of drug-likeness (QED) is 0.575. The Balaban J connectivity index is 1.53. The van der Waals surface area contributed by atoms with Gasteiger partial charge < -0.3 is 9.64 Å². The zero-order valence-electron chi connectivity index (χ0n) is 17.9. The molecule has 6 nitrogen and oxygen atoms in total. The van der Waals surface area contributed by atoms with Crippen LogP contribution in [0.5, 0.6) is 0 Å². The summed E-state index contributed by atoms with van der Waals surface area (Å²) in [5.41, 5.74) is 10.3. The second-order valence-electron chi connectivity index (χ2n) is 8.17. The second-order valence-corrected chi connectivity index (χ2v) is 9.15. The number of amides is 1. The highest BCUT2D eigenvalue weighted by Gasteiger charge is 2.56. The number of nitrogens with zero attached hydrogens (tertiary/aromatic N) is 1. The number of carbonyl (C=O) groups is 2. The molecule has 0 saturated carbocycles. The molecule has 3 aromatic rings. The molecule has 1 aromatic heterocycles. The van der Waals surface area contributed by atoms with Gasteiger partial charge in [0.25, 0.3) is 0 Å². The Morgan fingerprint density at radius 2 is 1.75 bits per heavy atom. The lowest BCUT2D eigenvalue weighted by Crippen LogP contribution is -2.41. The van der Waals surface area contributed by atoms with Crippen LogP contribution in [0.15, 0.2) is 66.0 Å². The van der Waals surface area contributed by atoms with Crippen LogP contribution in [0, 0.1) is 12.8 Å². The molecular formula is C25H25N3O3S. The second kappa shape index (κ2) is 8.50. The Morgan fingerprint density at radius 1 is 1.03 bits per heavy atom. The minimum absolute atomic E-state index is 0.000421. The van der Waals surface area contributed by atoms with Crippen LogP contribution in [0.25, 0.3) is 0 Å². The molecule has 4 unspecified atom stereocenters. The van der Waals surface area contributed by atoms with E-state index in [0.717, 1.165) is 16.1 Å². The van der Waals surface area contributed by atoms with E-state index >= 15 is 0 Å². The molecule has 3 heterocycles. The molecule has 7 heteroatoms. The number of aryl methyl sites for hydroxylation is 1. The summed E-state index contributed by atoms with van der Waals surface area (Å²) < 4.78 is 5.09. The number of benzene rings is 2. The van der Waals surface area contributed by atoms with Gasteiger partial charge in [-0.25, -0.2) is 15.6 Å². The van der Waals surface area contributed by atoms with Crippen LogP contribution in [0.2, 0.25) is 0 Å². The first-order valence-electron chi connectivity index (χ1n) is 10.8. The van der Waals surface area contributed by atoms with Crippen molar-refractivity contribution in [3.05, 3.63) is 87.6 Å². The van der Waals surface area contributed by atoms with E-state index in [0.29, 0.717) is 12.2 Å². The summed E-state index contributed by atoms with van der Waals surface area (Å²) in [5.74, 6) is -0.309. The third kappa shape index (κ3) is 3.52. The molecule has 0 spiro atoms. The van der Waals surface area contributed by atoms with Gasteiger partial charge >= 0.3 is 5.97 Å². The summed E-state index contributed by atoms with van der Waals surface area (Å²) >= 11 is 1.66. The molecule has 1 amide bonds. The number of esters is 1. The average molecular weight is 448 g/mol. The van der Waals surface area contributed by atoms with Crippen molar-refractivity contribution in [1.82, 2.24) is 10.9 Å². The van der Waals surface area contributed by atoms with Crippen molar-refractivity contribution < 1.29 is 14.3 Å². The summed E-state index contributed by atoms with van der Waals surface area (Å²) in [5, 5.41) is 2.05. The average Bonchev–Trinajstić information content (AvgIpc) is 3.53. The minimum atomic E-state index is -0.358. The van der Waals surface area contributed by atoms with E-state index in [2.05, 4.69) is 48.1 Å². The van der Waals surface area contributed by atoms with Crippen molar-refractivity contribution in [2.75, 3.05) is 11.5 Å². The van der Waals surface area contributed by atoms with Gasteiger partial charge in [-0.2, -0.15) is 0 Å². The van der Waals surface area contributed by atoms with Crippen LogP contribution in [0.3, 0.4) is 0 Å². The topological polar surface area (TPSA) is 70.7 Å². The third-order valence-corrected chi connectivity index (χ3v) is 7.18. The van der Waals surface area contributed by atoms with Gasteiger partial charge in [-0.15, -0.1) is 11.3 Å². The lowest BCUT2D eigenvalue weighted by Gasteiger charge is -2.30. The van der Waals surface area contributed by atoms with Crippen molar-refractivity contribution in [3.8, 4) is 0 Å². The van der Waals surface area contributed by atoms with Gasteiger partial charge in [-0.1, -0.05) is 35.9 Å². The fourth-order valence-electron chi connectivity index (χ4n) is 4.73. The van der Waals surface area contributed by atoms with Gasteiger partial charge in [0.05, 0.1) is 24.3 Å². The van der Waals surface area contributed by atoms with Gasteiger partial charge in [-0.3, -0.25) is 4.79 Å². The van der Waals surface area contributed by atoms with Crippen LogP contribution in [-0.4, -0.2) is 24.5 Å². The van der Waals surface area contributed by atoms with Gasteiger partial charge in [0.2, 0.25) is 5.91 Å². The molecule has 32 heavy (non-hydrogen) atoms. The predicted octanol–water partition coefficient (Wildman–Crippen LogP) is 4.16. The molecule has 0 radical (unpaired) electrons. The number of fused-ring (bicyclic) bond motifs is 1. The predicted molar refractivity (Wildman–Crippen MR) is 124 cm³/mol. The molecular weight excluding hydrogens is 422 g/mol. The first-order valence-corrected chi connectivity index (χ1v) is 11.7. The zero-order valence-corrected chi connectivity index (χ0v) is 18.8. The van der Waals surface area contributed by atoms with Gasteiger partial charge in [0.1, 0.15) is 6.04 Å². The van der Waals surface area contributed by atoms with E-state index in [4.69, 9.17) is 4.74 Å². The zero-order chi connectivity index (χ0) is 22.2. The van der Waals surface area contributed by atoms with Crippen LogP contribution >= 0.6 is 11.3 Å². The summed E-state index contributed by atoms with van der Waals surface area (Å²) in [6, 6.07) is 19.3. The maximum atomic E-state index is 13.6. The third-order valence-electron chi connectivity index (χ3n) is 6.24. The SMILES string of the molecule is CCOC(=O)c1ccc(N2C(=O)C3NNC(c4ccc(C)cc4)C3C2c2cccs2)cc1. The van der Waals surface area contributed by atoms with E-state index in [9.17, 15) is 9.59 Å². The Kier molecular flexibility index (Phi) is 5.55. The number of anilines is 1. The van der Waals surface area contributed by atoms with Crippen molar-refractivity contribution >= 4 is 28.9 Å². The number of nitrogens with one attached hydrogen (secondary N) is 2. The molecule has 2 fully saturated rings. The van der Waals surface area contributed by atoms with Crippen molar-refractivity contribution in [2.45, 2.75) is 32.0 Å². The molecule has 2 saturated heterocycles. The number of carbonyl (C=O) groups excluding carboxylic acids is 2. The fraction of sp³-hybridized carbons (Fsp3) is 0.280. The molecule has 4 atom stereocenters. The Morgan fingerprint density at radius 3 is 2.41 bits per heavy atom. The molecule has 5 rings (SSSR count). The molecule has 2 aromatic carbocycles. The van der Waals surface area contributed by atoms with E-state index in [1.54, 1.807) is 30.4 Å². The number of hydrazine groups is 1. The number of rotatable bonds is 5. The van der Waals surface area contributed by atoms with E-state index in [1.165, 1.54) is 5.56 Å². The summed E-state index contributed by atoms with van der Waals surface area (Å²) in [6.45, 7) is 4.18. The smallest absolute Gasteiger partial charge is 0.338 e.